The van der Waals surface area contributed by atoms with Gasteiger partial charge in [0.2, 0.25) is 5.52 Å². The highest BCUT2D eigenvalue weighted by Gasteiger charge is 2.26. The number of allylic oxidation sites excluding steroid dienone is 2. The number of fused-ring (bicyclic) bond motifs is 2. The number of aromatic nitrogens is 1. The molecule has 0 atom stereocenters. The zero-order valence-electron chi connectivity index (χ0n) is 23.9. The molecule has 1 aliphatic rings. The van der Waals surface area contributed by atoms with Gasteiger partial charge in [0.25, 0.3) is 5.01 Å². The molecule has 2 heterocycles. The van der Waals surface area contributed by atoms with Crippen LogP contribution >= 0.6 is 23.1 Å². The number of anilines is 1. The Balaban J connectivity index is 1.65. The van der Waals surface area contributed by atoms with Gasteiger partial charge in [0.05, 0.1) is 10.7 Å². The first-order chi connectivity index (χ1) is 17.5. The number of hydrogen-bond donors (Lipinski definition) is 0. The Labute approximate surface area is 235 Å². The standard InChI is InChI=1S/C31H45N2S2Si2/c1-8-25(23-30-32(19-13-21-36(2,3)4)26-15-9-11-17-28(26)34-30)24-31-33(20-14-22-37(5,6)7)27-16-10-12-18-29(27)35-31/h9-12,15-18,23-24H,8,13-14,19-22H2,1-7H3/q+1. The largest absolute Gasteiger partial charge is 0.335 e. The van der Waals surface area contributed by atoms with Gasteiger partial charge in [-0.15, -0.1) is 0 Å². The molecule has 2 aromatic carbocycles. The van der Waals surface area contributed by atoms with Gasteiger partial charge in [-0.3, -0.25) is 0 Å². The van der Waals surface area contributed by atoms with Crippen LogP contribution in [0.2, 0.25) is 51.4 Å². The van der Waals surface area contributed by atoms with Crippen LogP contribution in [0.25, 0.3) is 16.3 Å². The predicted octanol–water partition coefficient (Wildman–Crippen LogP) is 9.89. The van der Waals surface area contributed by atoms with Crippen molar-refractivity contribution < 1.29 is 4.57 Å². The van der Waals surface area contributed by atoms with E-state index in [2.05, 4.69) is 116 Å². The fraction of sp³-hybridized carbons (Fsp3) is 0.452. The lowest BCUT2D eigenvalue weighted by Crippen LogP contribution is -2.36. The molecule has 0 bridgehead atoms. The van der Waals surface area contributed by atoms with Crippen molar-refractivity contribution in [2.45, 2.75) is 89.0 Å². The molecular formula is C31H45N2S2Si2+. The van der Waals surface area contributed by atoms with Crippen molar-refractivity contribution in [3.05, 3.63) is 70.2 Å². The van der Waals surface area contributed by atoms with Gasteiger partial charge in [0, 0.05) is 46.2 Å². The van der Waals surface area contributed by atoms with E-state index in [1.807, 2.05) is 23.1 Å². The molecule has 0 fully saturated rings. The third-order valence-corrected chi connectivity index (χ3v) is 12.8. The SMILES string of the molecule is CCC(=Cc1sc2ccccc2[n+]1CCC[Si](C)(C)C)C=C1Sc2ccccc2N1CCC[Si](C)(C)C. The molecule has 4 rings (SSSR count). The monoisotopic (exact) mass is 565 g/mol. The van der Waals surface area contributed by atoms with Crippen molar-refractivity contribution in [1.29, 1.82) is 0 Å². The summed E-state index contributed by atoms with van der Waals surface area (Å²) in [4.78, 5) is 3.97. The second kappa shape index (κ2) is 12.1. The zero-order chi connectivity index (χ0) is 26.6. The number of aryl methyl sites for hydroxylation is 1. The molecular weight excluding hydrogens is 521 g/mol. The van der Waals surface area contributed by atoms with Gasteiger partial charge in [0.1, 0.15) is 11.2 Å². The number of benzene rings is 2. The maximum Gasteiger partial charge on any atom is 0.263 e. The Hall–Kier alpha value is -1.61. The normalized spacial score (nSPS) is 15.7. The van der Waals surface area contributed by atoms with Crippen LogP contribution < -0.4 is 9.47 Å². The molecule has 0 aliphatic carbocycles. The minimum atomic E-state index is -1.04. The van der Waals surface area contributed by atoms with E-state index in [1.165, 1.54) is 61.3 Å². The van der Waals surface area contributed by atoms with Gasteiger partial charge in [-0.2, -0.15) is 4.57 Å². The summed E-state index contributed by atoms with van der Waals surface area (Å²) < 4.78 is 3.97. The van der Waals surface area contributed by atoms with E-state index < -0.39 is 16.1 Å². The minimum absolute atomic E-state index is 1.03. The topological polar surface area (TPSA) is 7.12 Å². The number of thioether (sulfide) groups is 1. The first-order valence-corrected chi connectivity index (χ1v) is 23.0. The van der Waals surface area contributed by atoms with Crippen molar-refractivity contribution in [2.75, 3.05) is 11.4 Å². The van der Waals surface area contributed by atoms with Crippen LogP contribution in [-0.2, 0) is 6.54 Å². The number of para-hydroxylation sites is 2. The van der Waals surface area contributed by atoms with Crippen molar-refractivity contribution >= 4 is 61.2 Å². The highest BCUT2D eigenvalue weighted by atomic mass is 32.2. The number of nitrogens with zero attached hydrogens (tertiary/aromatic N) is 2. The van der Waals surface area contributed by atoms with Gasteiger partial charge in [-0.05, 0) is 42.7 Å². The number of rotatable bonds is 11. The lowest BCUT2D eigenvalue weighted by molar-refractivity contribution is -0.668. The van der Waals surface area contributed by atoms with Crippen molar-refractivity contribution in [2.24, 2.45) is 0 Å². The van der Waals surface area contributed by atoms with Crippen LogP contribution in [0.3, 0.4) is 0 Å². The van der Waals surface area contributed by atoms with E-state index in [1.54, 1.807) is 0 Å². The average Bonchev–Trinajstić information content (AvgIpc) is 3.35. The minimum Gasteiger partial charge on any atom is -0.335 e. The second-order valence-corrected chi connectivity index (χ2v) is 26.0. The van der Waals surface area contributed by atoms with Gasteiger partial charge >= 0.3 is 0 Å². The molecule has 198 valence electrons. The van der Waals surface area contributed by atoms with Crippen molar-refractivity contribution in [1.82, 2.24) is 0 Å². The third-order valence-electron chi connectivity index (χ3n) is 6.92. The molecule has 0 amide bonds. The summed E-state index contributed by atoms with van der Waals surface area (Å²) in [6, 6.07) is 20.6. The molecule has 0 radical (unpaired) electrons. The summed E-state index contributed by atoms with van der Waals surface area (Å²) in [5.74, 6) is 0. The van der Waals surface area contributed by atoms with Gasteiger partial charge in [0.15, 0.2) is 0 Å². The molecule has 1 aliphatic heterocycles. The van der Waals surface area contributed by atoms with Gasteiger partial charge < -0.3 is 4.90 Å². The fourth-order valence-electron chi connectivity index (χ4n) is 4.88. The van der Waals surface area contributed by atoms with E-state index in [4.69, 9.17) is 0 Å². The highest BCUT2D eigenvalue weighted by Crippen LogP contribution is 2.46. The Morgan fingerprint density at radius 3 is 2.30 bits per heavy atom. The van der Waals surface area contributed by atoms with Crippen molar-refractivity contribution in [3.63, 3.8) is 0 Å². The molecule has 3 aromatic rings. The van der Waals surface area contributed by atoms with E-state index in [0.717, 1.165) is 19.5 Å². The Bertz CT molecular complexity index is 1280. The molecule has 0 spiro atoms. The number of hydrogen-bond acceptors (Lipinski definition) is 3. The molecule has 37 heavy (non-hydrogen) atoms. The molecule has 0 saturated carbocycles. The summed E-state index contributed by atoms with van der Waals surface area (Å²) in [6.45, 7) is 19.4. The molecule has 0 saturated heterocycles. The van der Waals surface area contributed by atoms with Crippen LogP contribution in [0.4, 0.5) is 5.69 Å². The van der Waals surface area contributed by atoms with Gasteiger partial charge in [-0.1, -0.05) is 106 Å². The maximum absolute atomic E-state index is 2.58. The Kier molecular flexibility index (Phi) is 9.26. The summed E-state index contributed by atoms with van der Waals surface area (Å²) >= 11 is 3.88. The van der Waals surface area contributed by atoms with Crippen LogP contribution in [0.1, 0.15) is 31.2 Å². The molecule has 0 unspecified atom stereocenters. The maximum atomic E-state index is 2.58. The Morgan fingerprint density at radius 2 is 1.57 bits per heavy atom. The zero-order valence-corrected chi connectivity index (χ0v) is 27.6. The fourth-order valence-corrected chi connectivity index (χ4v) is 9.65. The summed E-state index contributed by atoms with van der Waals surface area (Å²) in [5.41, 5.74) is 4.18. The molecule has 0 N–H and O–H groups in total. The van der Waals surface area contributed by atoms with Crippen LogP contribution in [0.15, 0.2) is 70.1 Å². The van der Waals surface area contributed by atoms with E-state index >= 15 is 0 Å². The first-order valence-electron chi connectivity index (χ1n) is 13.9. The van der Waals surface area contributed by atoms with E-state index in [-0.39, 0.29) is 0 Å². The number of thiazole rings is 1. The predicted molar refractivity (Wildman–Crippen MR) is 174 cm³/mol. The van der Waals surface area contributed by atoms with E-state index in [9.17, 15) is 0 Å². The second-order valence-electron chi connectivity index (χ2n) is 12.7. The summed E-state index contributed by atoms with van der Waals surface area (Å²) in [7, 11) is -2.08. The van der Waals surface area contributed by atoms with Crippen LogP contribution in [0.5, 0.6) is 0 Å². The van der Waals surface area contributed by atoms with E-state index in [0.29, 0.717) is 0 Å². The average molecular weight is 566 g/mol. The quantitative estimate of drug-likeness (QED) is 0.169. The lowest BCUT2D eigenvalue weighted by atomic mass is 10.2. The summed E-state index contributed by atoms with van der Waals surface area (Å²) in [5, 5.41) is 2.77. The molecule has 2 nitrogen and oxygen atoms in total. The first kappa shape index (κ1) is 28.4. The van der Waals surface area contributed by atoms with Crippen LogP contribution in [-0.4, -0.2) is 22.7 Å². The smallest absolute Gasteiger partial charge is 0.263 e. The summed E-state index contributed by atoms with van der Waals surface area (Å²) in [6.07, 6.45) is 8.50. The van der Waals surface area contributed by atoms with Crippen molar-refractivity contribution in [3.8, 4) is 0 Å². The molecule has 1 aromatic heterocycles. The highest BCUT2D eigenvalue weighted by molar-refractivity contribution is 8.03. The molecule has 6 heteroatoms. The van der Waals surface area contributed by atoms with Gasteiger partial charge in [-0.25, -0.2) is 0 Å². The lowest BCUT2D eigenvalue weighted by Gasteiger charge is -2.23. The van der Waals surface area contributed by atoms with Crippen LogP contribution in [0, 0.1) is 0 Å². The third kappa shape index (κ3) is 7.72. The Morgan fingerprint density at radius 1 is 0.892 bits per heavy atom.